The first-order chi connectivity index (χ1) is 8.79. The number of hydrogen-bond donors (Lipinski definition) is 0. The summed E-state index contributed by atoms with van der Waals surface area (Å²) in [5.74, 6) is -0.124. The van der Waals surface area contributed by atoms with E-state index in [1.807, 2.05) is 18.2 Å². The van der Waals surface area contributed by atoms with Gasteiger partial charge in [-0.15, -0.1) is 5.10 Å². The second kappa shape index (κ2) is 6.15. The number of thioether (sulfide) groups is 1. The zero-order valence-electron chi connectivity index (χ0n) is 9.70. The van der Waals surface area contributed by atoms with Crippen LogP contribution in [0.25, 0.3) is 0 Å². The fraction of sp³-hybridized carbons (Fsp3) is 0.273. The molecule has 6 nitrogen and oxygen atoms in total. The quantitative estimate of drug-likeness (QED) is 0.603. The third kappa shape index (κ3) is 3.30. The summed E-state index contributed by atoms with van der Waals surface area (Å²) in [4.78, 5) is 15.5. The molecule has 0 bridgehead atoms. The molecule has 0 saturated carbocycles. The minimum absolute atomic E-state index is 0.125. The van der Waals surface area contributed by atoms with Gasteiger partial charge in [0.15, 0.2) is 0 Å². The van der Waals surface area contributed by atoms with Gasteiger partial charge in [-0.3, -0.25) is 4.98 Å². The summed E-state index contributed by atoms with van der Waals surface area (Å²) in [5, 5.41) is 7.69. The van der Waals surface area contributed by atoms with Crippen LogP contribution in [-0.2, 0) is 10.5 Å². The van der Waals surface area contributed by atoms with Crippen LogP contribution in [0.4, 0.5) is 0 Å². The predicted molar refractivity (Wildman–Crippen MR) is 64.1 cm³/mol. The molecule has 0 saturated heterocycles. The van der Waals surface area contributed by atoms with E-state index in [1.165, 1.54) is 11.8 Å². The van der Waals surface area contributed by atoms with Crippen molar-refractivity contribution in [1.29, 1.82) is 0 Å². The normalized spacial score (nSPS) is 10.3. The van der Waals surface area contributed by atoms with Gasteiger partial charge in [-0.1, -0.05) is 22.9 Å². The number of nitrogens with zero attached hydrogens (tertiary/aromatic N) is 3. The monoisotopic (exact) mass is 265 g/mol. The first-order valence-corrected chi connectivity index (χ1v) is 6.31. The highest BCUT2D eigenvalue weighted by Gasteiger charge is 2.16. The van der Waals surface area contributed by atoms with Crippen LogP contribution in [-0.4, -0.2) is 27.8 Å². The van der Waals surface area contributed by atoms with Gasteiger partial charge in [0.2, 0.25) is 0 Å². The van der Waals surface area contributed by atoms with Crippen LogP contribution in [0.3, 0.4) is 0 Å². The lowest BCUT2D eigenvalue weighted by Crippen LogP contribution is -2.04. The zero-order valence-corrected chi connectivity index (χ0v) is 10.5. The molecule has 0 unspecified atom stereocenters. The van der Waals surface area contributed by atoms with Gasteiger partial charge < -0.3 is 9.15 Å². The van der Waals surface area contributed by atoms with E-state index in [4.69, 9.17) is 9.15 Å². The summed E-state index contributed by atoms with van der Waals surface area (Å²) in [6.07, 6.45) is 1.72. The van der Waals surface area contributed by atoms with Crippen molar-refractivity contribution >= 4 is 17.7 Å². The van der Waals surface area contributed by atoms with Crippen molar-refractivity contribution < 1.29 is 13.9 Å². The lowest BCUT2D eigenvalue weighted by Gasteiger charge is -1.96. The lowest BCUT2D eigenvalue weighted by atomic mass is 10.4. The maximum absolute atomic E-state index is 11.3. The third-order valence-electron chi connectivity index (χ3n) is 1.93. The molecular formula is C11H11N3O3S. The molecule has 0 fully saturated rings. The molecule has 0 aromatic carbocycles. The van der Waals surface area contributed by atoms with Crippen LogP contribution in [0.15, 0.2) is 34.0 Å². The summed E-state index contributed by atoms with van der Waals surface area (Å²) in [6, 6.07) is 5.65. The summed E-state index contributed by atoms with van der Waals surface area (Å²) >= 11 is 1.32. The van der Waals surface area contributed by atoms with Gasteiger partial charge in [0.05, 0.1) is 12.3 Å². The topological polar surface area (TPSA) is 78.1 Å². The summed E-state index contributed by atoms with van der Waals surface area (Å²) in [6.45, 7) is 1.99. The number of ether oxygens (including phenoxy) is 1. The number of rotatable bonds is 5. The predicted octanol–water partition coefficient (Wildman–Crippen LogP) is 1.93. The van der Waals surface area contributed by atoms with E-state index in [0.29, 0.717) is 11.0 Å². The Morgan fingerprint density at radius 3 is 3.06 bits per heavy atom. The van der Waals surface area contributed by atoms with Gasteiger partial charge >= 0.3 is 11.9 Å². The maximum atomic E-state index is 11.3. The van der Waals surface area contributed by atoms with Crippen molar-refractivity contribution in [2.45, 2.75) is 17.9 Å². The minimum Gasteiger partial charge on any atom is -0.459 e. The fourth-order valence-corrected chi connectivity index (χ4v) is 1.84. The molecule has 2 aromatic heterocycles. The molecule has 18 heavy (non-hydrogen) atoms. The molecule has 2 heterocycles. The Labute approximate surface area is 108 Å². The number of esters is 1. The van der Waals surface area contributed by atoms with Crippen LogP contribution < -0.4 is 0 Å². The maximum Gasteiger partial charge on any atom is 0.396 e. The van der Waals surface area contributed by atoms with E-state index in [1.54, 1.807) is 13.1 Å². The number of hydrogen-bond acceptors (Lipinski definition) is 7. The van der Waals surface area contributed by atoms with Gasteiger partial charge in [0.25, 0.3) is 5.22 Å². The highest BCUT2D eigenvalue weighted by molar-refractivity contribution is 7.98. The average molecular weight is 265 g/mol. The van der Waals surface area contributed by atoms with Gasteiger partial charge in [-0.25, -0.2) is 4.79 Å². The molecule has 0 aliphatic rings. The van der Waals surface area contributed by atoms with Gasteiger partial charge in [0, 0.05) is 11.9 Å². The lowest BCUT2D eigenvalue weighted by molar-refractivity contribution is 0.0475. The summed E-state index contributed by atoms with van der Waals surface area (Å²) in [7, 11) is 0. The fourth-order valence-electron chi connectivity index (χ4n) is 1.16. The number of carbonyl (C=O) groups excluding carboxylic acids is 1. The Balaban J connectivity index is 1.93. The van der Waals surface area contributed by atoms with Crippen molar-refractivity contribution in [2.75, 3.05) is 6.61 Å². The largest absolute Gasteiger partial charge is 0.459 e. The first-order valence-electron chi connectivity index (χ1n) is 5.33. The Morgan fingerprint density at radius 2 is 2.33 bits per heavy atom. The van der Waals surface area contributed by atoms with Crippen molar-refractivity contribution in [3.05, 3.63) is 36.0 Å². The molecule has 0 spiro atoms. The Morgan fingerprint density at radius 1 is 1.44 bits per heavy atom. The van der Waals surface area contributed by atoms with E-state index in [0.717, 1.165) is 5.69 Å². The molecule has 94 valence electrons. The van der Waals surface area contributed by atoms with E-state index in [-0.39, 0.29) is 12.5 Å². The summed E-state index contributed by atoms with van der Waals surface area (Å²) in [5.41, 5.74) is 0.901. The number of pyridine rings is 1. The van der Waals surface area contributed by atoms with Crippen LogP contribution in [0.5, 0.6) is 0 Å². The Hall–Kier alpha value is -1.89. The van der Waals surface area contributed by atoms with Crippen LogP contribution in [0.2, 0.25) is 0 Å². The molecule has 0 amide bonds. The molecule has 0 aliphatic carbocycles. The van der Waals surface area contributed by atoms with E-state index in [2.05, 4.69) is 15.2 Å². The highest BCUT2D eigenvalue weighted by atomic mass is 32.2. The minimum atomic E-state index is -0.602. The number of aromatic nitrogens is 3. The zero-order chi connectivity index (χ0) is 12.8. The van der Waals surface area contributed by atoms with Crippen LogP contribution in [0.1, 0.15) is 23.3 Å². The van der Waals surface area contributed by atoms with Gasteiger partial charge in [-0.2, -0.15) is 0 Å². The average Bonchev–Trinajstić information content (AvgIpc) is 2.87. The molecular weight excluding hydrogens is 254 g/mol. The van der Waals surface area contributed by atoms with E-state index < -0.39 is 5.97 Å². The molecule has 2 rings (SSSR count). The van der Waals surface area contributed by atoms with Gasteiger partial charge in [-0.05, 0) is 19.1 Å². The van der Waals surface area contributed by atoms with Crippen molar-refractivity contribution in [2.24, 2.45) is 0 Å². The second-order valence-electron chi connectivity index (χ2n) is 3.20. The van der Waals surface area contributed by atoms with Crippen molar-refractivity contribution in [3.63, 3.8) is 0 Å². The Bertz CT molecular complexity index is 515. The highest BCUT2D eigenvalue weighted by Crippen LogP contribution is 2.20. The Kier molecular flexibility index (Phi) is 4.30. The molecule has 2 aromatic rings. The molecule has 0 atom stereocenters. The molecule has 7 heteroatoms. The van der Waals surface area contributed by atoms with Crippen molar-refractivity contribution in [1.82, 2.24) is 15.2 Å². The summed E-state index contributed by atoms with van der Waals surface area (Å²) < 4.78 is 9.91. The smallest absolute Gasteiger partial charge is 0.396 e. The second-order valence-corrected chi connectivity index (χ2v) is 4.13. The molecule has 0 radical (unpaired) electrons. The van der Waals surface area contributed by atoms with Crippen LogP contribution >= 0.6 is 11.8 Å². The third-order valence-corrected chi connectivity index (χ3v) is 2.78. The van der Waals surface area contributed by atoms with Gasteiger partial charge in [0.1, 0.15) is 0 Å². The van der Waals surface area contributed by atoms with Crippen molar-refractivity contribution in [3.8, 4) is 0 Å². The molecule has 0 aliphatic heterocycles. The molecule has 0 N–H and O–H groups in total. The van der Waals surface area contributed by atoms with E-state index >= 15 is 0 Å². The van der Waals surface area contributed by atoms with E-state index in [9.17, 15) is 4.79 Å². The first kappa shape index (κ1) is 12.6. The standard InChI is InChI=1S/C11H11N3O3S/c1-2-16-10(15)9-13-14-11(17-9)18-7-8-5-3-4-6-12-8/h3-6H,2,7H2,1H3. The van der Waals surface area contributed by atoms with Crippen LogP contribution in [0, 0.1) is 0 Å². The SMILES string of the molecule is CCOC(=O)c1nnc(SCc2ccccn2)o1. The number of carbonyl (C=O) groups is 1.